The molecule has 1 aliphatic rings. The van der Waals surface area contributed by atoms with Crippen molar-refractivity contribution < 1.29 is 4.79 Å². The molecule has 0 unspecified atom stereocenters. The van der Waals surface area contributed by atoms with Crippen LogP contribution in [-0.2, 0) is 11.8 Å². The van der Waals surface area contributed by atoms with Gasteiger partial charge >= 0.3 is 0 Å². The molecule has 1 atom stereocenters. The first kappa shape index (κ1) is 15.0. The number of nitrogens with zero attached hydrogens (tertiary/aromatic N) is 3. The zero-order valence-electron chi connectivity index (χ0n) is 12.3. The van der Waals surface area contributed by atoms with Crippen LogP contribution in [-0.4, -0.2) is 24.9 Å². The van der Waals surface area contributed by atoms with Crippen molar-refractivity contribution in [2.24, 2.45) is 7.05 Å². The third kappa shape index (κ3) is 2.84. The molecule has 1 amide bonds. The van der Waals surface area contributed by atoms with Gasteiger partial charge in [0.05, 0.1) is 17.1 Å². The smallest absolute Gasteiger partial charge is 0.266 e. The Kier molecular flexibility index (Phi) is 4.13. The summed E-state index contributed by atoms with van der Waals surface area (Å²) >= 11 is 6.74. The minimum absolute atomic E-state index is 0.0461. The molecule has 1 aromatic carbocycles. The minimum Gasteiger partial charge on any atom is -0.286 e. The number of carbonyl (C=O) groups excluding carboxylic acids is 1. The number of aryl methyl sites for hydroxylation is 1. The molecule has 1 aliphatic heterocycles. The Hall–Kier alpha value is -1.92. The molecule has 3 rings (SSSR count). The Labute approximate surface area is 138 Å². The Morgan fingerprint density at radius 2 is 2.05 bits per heavy atom. The molecule has 0 aliphatic carbocycles. The summed E-state index contributed by atoms with van der Waals surface area (Å²) in [4.78, 5) is 15.0. The number of amides is 1. The van der Waals surface area contributed by atoms with Gasteiger partial charge in [0.15, 0.2) is 0 Å². The molecule has 6 heteroatoms. The monoisotopic (exact) mass is 329 g/mol. The summed E-state index contributed by atoms with van der Waals surface area (Å²) in [6.45, 7) is 1.99. The molecule has 22 heavy (non-hydrogen) atoms. The lowest BCUT2D eigenvalue weighted by atomic mass is 10.1. The number of thioether (sulfide) groups is 1. The van der Waals surface area contributed by atoms with Crippen LogP contribution in [0.25, 0.3) is 6.08 Å². The highest BCUT2D eigenvalue weighted by atomic mass is 32.2. The minimum atomic E-state index is -0.0755. The highest BCUT2D eigenvalue weighted by Crippen LogP contribution is 2.37. The fourth-order valence-electron chi connectivity index (χ4n) is 2.36. The molecule has 112 valence electrons. The first-order chi connectivity index (χ1) is 10.6. The van der Waals surface area contributed by atoms with E-state index in [0.29, 0.717) is 9.23 Å². The van der Waals surface area contributed by atoms with Crippen molar-refractivity contribution in [2.45, 2.75) is 13.0 Å². The van der Waals surface area contributed by atoms with Crippen LogP contribution in [0, 0.1) is 0 Å². The topological polar surface area (TPSA) is 38.1 Å². The van der Waals surface area contributed by atoms with Gasteiger partial charge in [-0.2, -0.15) is 5.10 Å². The largest absolute Gasteiger partial charge is 0.286 e. The molecule has 2 heterocycles. The molecule has 0 N–H and O–H groups in total. The van der Waals surface area contributed by atoms with Crippen LogP contribution in [0.2, 0.25) is 0 Å². The average molecular weight is 329 g/mol. The Morgan fingerprint density at radius 1 is 1.32 bits per heavy atom. The third-order valence-corrected chi connectivity index (χ3v) is 4.85. The lowest BCUT2D eigenvalue weighted by molar-refractivity contribution is -0.123. The fourth-order valence-corrected chi connectivity index (χ4v) is 3.78. The molecule has 4 nitrogen and oxygen atoms in total. The number of hydrogen-bond acceptors (Lipinski definition) is 4. The van der Waals surface area contributed by atoms with Gasteiger partial charge in [0.1, 0.15) is 4.32 Å². The number of hydrogen-bond donors (Lipinski definition) is 0. The fraction of sp³-hybridized carbons (Fsp3) is 0.188. The maximum absolute atomic E-state index is 12.7. The van der Waals surface area contributed by atoms with Gasteiger partial charge in [-0.25, -0.2) is 0 Å². The molecular formula is C16H15N3OS2. The van der Waals surface area contributed by atoms with E-state index in [1.807, 2.05) is 56.6 Å². The number of benzene rings is 1. The number of thiocarbonyl (C=S) groups is 1. The van der Waals surface area contributed by atoms with Crippen molar-refractivity contribution in [1.82, 2.24) is 14.7 Å². The molecule has 1 fully saturated rings. The van der Waals surface area contributed by atoms with Crippen LogP contribution in [0.1, 0.15) is 24.1 Å². The Bertz CT molecular complexity index is 752. The van der Waals surface area contributed by atoms with Crippen molar-refractivity contribution in [2.75, 3.05) is 0 Å². The normalized spacial score (nSPS) is 18.3. The van der Waals surface area contributed by atoms with Crippen molar-refractivity contribution in [3.63, 3.8) is 0 Å². The van der Waals surface area contributed by atoms with Crippen molar-refractivity contribution in [3.8, 4) is 0 Å². The third-order valence-electron chi connectivity index (χ3n) is 3.52. The summed E-state index contributed by atoms with van der Waals surface area (Å²) in [6, 6.07) is 9.84. The van der Waals surface area contributed by atoms with E-state index < -0.39 is 0 Å². The summed E-state index contributed by atoms with van der Waals surface area (Å²) in [7, 11) is 1.85. The standard InChI is InChI=1S/C16H15N3OS2/c1-11(13-6-4-3-5-7-13)19-15(20)14(22-16(19)21)8-12-9-17-18(2)10-12/h3-11H,1-2H3/b14-8+/t11-/m1/s1. The van der Waals surface area contributed by atoms with E-state index in [2.05, 4.69) is 5.10 Å². The van der Waals surface area contributed by atoms with E-state index in [1.165, 1.54) is 11.8 Å². The zero-order chi connectivity index (χ0) is 15.7. The summed E-state index contributed by atoms with van der Waals surface area (Å²) in [5, 5.41) is 4.11. The molecule has 1 saturated heterocycles. The van der Waals surface area contributed by atoms with Gasteiger partial charge in [-0.1, -0.05) is 54.3 Å². The second kappa shape index (κ2) is 6.06. The second-order valence-corrected chi connectivity index (χ2v) is 6.76. The van der Waals surface area contributed by atoms with E-state index in [9.17, 15) is 4.79 Å². The van der Waals surface area contributed by atoms with E-state index in [1.54, 1.807) is 15.8 Å². The van der Waals surface area contributed by atoms with Crippen LogP contribution in [0.15, 0.2) is 47.6 Å². The van der Waals surface area contributed by atoms with Gasteiger partial charge in [0, 0.05) is 18.8 Å². The first-order valence-corrected chi connectivity index (χ1v) is 8.09. The lowest BCUT2D eigenvalue weighted by Crippen LogP contribution is -2.30. The maximum Gasteiger partial charge on any atom is 0.266 e. The zero-order valence-corrected chi connectivity index (χ0v) is 13.9. The summed E-state index contributed by atoms with van der Waals surface area (Å²) in [5.41, 5.74) is 1.97. The van der Waals surface area contributed by atoms with E-state index in [0.717, 1.165) is 11.1 Å². The predicted molar refractivity (Wildman–Crippen MR) is 93.1 cm³/mol. The van der Waals surface area contributed by atoms with Crippen molar-refractivity contribution in [1.29, 1.82) is 0 Å². The van der Waals surface area contributed by atoms with Crippen LogP contribution in [0.3, 0.4) is 0 Å². The van der Waals surface area contributed by atoms with Crippen LogP contribution < -0.4 is 0 Å². The summed E-state index contributed by atoms with van der Waals surface area (Å²) < 4.78 is 2.30. The van der Waals surface area contributed by atoms with Gasteiger partial charge in [0.2, 0.25) is 0 Å². The van der Waals surface area contributed by atoms with E-state index in [4.69, 9.17) is 12.2 Å². The van der Waals surface area contributed by atoms with Gasteiger partial charge < -0.3 is 0 Å². The molecule has 1 aromatic heterocycles. The Morgan fingerprint density at radius 3 is 2.68 bits per heavy atom. The van der Waals surface area contributed by atoms with Crippen LogP contribution >= 0.6 is 24.0 Å². The quantitative estimate of drug-likeness (QED) is 0.639. The van der Waals surface area contributed by atoms with Crippen molar-refractivity contribution in [3.05, 3.63) is 58.8 Å². The number of aromatic nitrogens is 2. The highest BCUT2D eigenvalue weighted by Gasteiger charge is 2.35. The maximum atomic E-state index is 12.7. The number of rotatable bonds is 3. The molecular weight excluding hydrogens is 314 g/mol. The van der Waals surface area contributed by atoms with Crippen molar-refractivity contribution >= 4 is 40.3 Å². The lowest BCUT2D eigenvalue weighted by Gasteiger charge is -2.23. The first-order valence-electron chi connectivity index (χ1n) is 6.87. The Balaban J connectivity index is 1.87. The SMILES string of the molecule is C[C@H](c1ccccc1)N1C(=O)/C(=C\c2cnn(C)c2)SC1=S. The van der Waals surface area contributed by atoms with Crippen LogP contribution in [0.5, 0.6) is 0 Å². The van der Waals surface area contributed by atoms with Gasteiger partial charge in [-0.15, -0.1) is 0 Å². The molecule has 0 spiro atoms. The molecule has 2 aromatic rings. The molecule has 0 radical (unpaired) electrons. The van der Waals surface area contributed by atoms with Gasteiger partial charge in [-0.05, 0) is 18.6 Å². The summed E-state index contributed by atoms with van der Waals surface area (Å²) in [6.07, 6.45) is 5.43. The predicted octanol–water partition coefficient (Wildman–Crippen LogP) is 3.38. The highest BCUT2D eigenvalue weighted by molar-refractivity contribution is 8.26. The summed E-state index contributed by atoms with van der Waals surface area (Å²) in [5.74, 6) is -0.0461. The molecule has 0 bridgehead atoms. The second-order valence-electron chi connectivity index (χ2n) is 5.09. The van der Waals surface area contributed by atoms with E-state index in [-0.39, 0.29) is 11.9 Å². The van der Waals surface area contributed by atoms with Gasteiger partial charge in [0.25, 0.3) is 5.91 Å². The van der Waals surface area contributed by atoms with Crippen LogP contribution in [0.4, 0.5) is 0 Å². The average Bonchev–Trinajstić information content (AvgIpc) is 3.03. The van der Waals surface area contributed by atoms with E-state index >= 15 is 0 Å². The molecule has 0 saturated carbocycles. The number of carbonyl (C=O) groups is 1. The van der Waals surface area contributed by atoms with Gasteiger partial charge in [-0.3, -0.25) is 14.4 Å².